The van der Waals surface area contributed by atoms with E-state index in [0.29, 0.717) is 6.20 Å². The van der Waals surface area contributed by atoms with E-state index in [0.717, 1.165) is 0 Å². The molecule has 1 rings (SSSR count). The average Bonchev–Trinajstić information content (AvgIpc) is 2.24. The Balaban J connectivity index is 3.52. The highest BCUT2D eigenvalue weighted by Gasteiger charge is 2.43. The van der Waals surface area contributed by atoms with Crippen molar-refractivity contribution in [3.05, 3.63) is 22.9 Å². The lowest BCUT2D eigenvalue weighted by Crippen LogP contribution is -2.22. The van der Waals surface area contributed by atoms with E-state index in [1.807, 2.05) is 0 Å². The van der Waals surface area contributed by atoms with Gasteiger partial charge in [-0.25, -0.2) is 4.98 Å². The lowest BCUT2D eigenvalue weighted by atomic mass is 10.1. The number of ether oxygens (including phenoxy) is 1. The molecule has 0 spiro atoms. The van der Waals surface area contributed by atoms with Gasteiger partial charge in [0, 0.05) is 17.1 Å². The van der Waals surface area contributed by atoms with Crippen molar-refractivity contribution in [1.29, 1.82) is 0 Å². The van der Waals surface area contributed by atoms with E-state index in [4.69, 9.17) is 0 Å². The molecular formula is C9H4BrF6NO2. The van der Waals surface area contributed by atoms with E-state index in [2.05, 4.69) is 25.7 Å². The Bertz CT molecular complexity index is 485. The maximum absolute atomic E-state index is 12.7. The largest absolute Gasteiger partial charge is 0.574 e. The van der Waals surface area contributed by atoms with Crippen LogP contribution in [0.5, 0.6) is 5.88 Å². The normalized spacial score (nSPS) is 12.4. The standard InChI is InChI=1S/C9H4BrF6NO2/c10-1-4-2-17-7(19-9(14,15)16)6(5(4)3-18)8(11,12)13/h2-3H,1H2. The van der Waals surface area contributed by atoms with Gasteiger partial charge in [0.2, 0.25) is 5.88 Å². The van der Waals surface area contributed by atoms with Crippen molar-refractivity contribution < 1.29 is 35.9 Å². The van der Waals surface area contributed by atoms with Crippen LogP contribution in [-0.4, -0.2) is 17.6 Å². The van der Waals surface area contributed by atoms with Crippen molar-refractivity contribution in [1.82, 2.24) is 4.98 Å². The maximum atomic E-state index is 12.7. The molecule has 3 nitrogen and oxygen atoms in total. The number of carbonyl (C=O) groups excluding carboxylic acids is 1. The molecule has 0 aliphatic carbocycles. The predicted octanol–water partition coefficient (Wildman–Crippen LogP) is 3.71. The van der Waals surface area contributed by atoms with Gasteiger partial charge in [-0.3, -0.25) is 4.79 Å². The number of hydrogen-bond acceptors (Lipinski definition) is 3. The lowest BCUT2D eigenvalue weighted by Gasteiger charge is -2.17. The van der Waals surface area contributed by atoms with Gasteiger partial charge in [-0.1, -0.05) is 15.9 Å². The molecule has 0 aromatic carbocycles. The second kappa shape index (κ2) is 5.35. The van der Waals surface area contributed by atoms with Crippen molar-refractivity contribution >= 4 is 22.2 Å². The molecule has 0 fully saturated rings. The van der Waals surface area contributed by atoms with E-state index >= 15 is 0 Å². The summed E-state index contributed by atoms with van der Waals surface area (Å²) in [6.45, 7) is 0. The Morgan fingerprint density at radius 2 is 1.84 bits per heavy atom. The summed E-state index contributed by atoms with van der Waals surface area (Å²) in [6.07, 6.45) is -10.0. The second-order valence-electron chi connectivity index (χ2n) is 3.17. The quantitative estimate of drug-likeness (QED) is 0.473. The first-order valence-corrected chi connectivity index (χ1v) is 5.58. The monoisotopic (exact) mass is 351 g/mol. The summed E-state index contributed by atoms with van der Waals surface area (Å²) < 4.78 is 77.4. The zero-order valence-electron chi connectivity index (χ0n) is 8.77. The van der Waals surface area contributed by atoms with Gasteiger partial charge in [-0.05, 0) is 5.56 Å². The first-order chi connectivity index (χ1) is 8.60. The van der Waals surface area contributed by atoms with Gasteiger partial charge in [0.1, 0.15) is 5.56 Å². The van der Waals surface area contributed by atoms with Crippen LogP contribution in [0.25, 0.3) is 0 Å². The van der Waals surface area contributed by atoms with Crippen LogP contribution in [0, 0.1) is 0 Å². The Labute approximate surface area is 110 Å². The summed E-state index contributed by atoms with van der Waals surface area (Å²) in [5, 5.41) is -0.177. The summed E-state index contributed by atoms with van der Waals surface area (Å²) in [5.41, 5.74) is -2.99. The van der Waals surface area contributed by atoms with Gasteiger partial charge in [0.05, 0.1) is 0 Å². The molecule has 106 valence electrons. The number of pyridine rings is 1. The molecule has 0 saturated heterocycles. The maximum Gasteiger partial charge on any atom is 0.574 e. The van der Waals surface area contributed by atoms with Crippen LogP contribution in [0.1, 0.15) is 21.5 Å². The minimum Gasteiger partial charge on any atom is -0.387 e. The second-order valence-corrected chi connectivity index (χ2v) is 3.74. The van der Waals surface area contributed by atoms with E-state index in [9.17, 15) is 31.1 Å². The number of carbonyl (C=O) groups is 1. The Morgan fingerprint density at radius 3 is 2.21 bits per heavy atom. The Morgan fingerprint density at radius 1 is 1.26 bits per heavy atom. The van der Waals surface area contributed by atoms with Crippen LogP contribution in [0.4, 0.5) is 26.3 Å². The third kappa shape index (κ3) is 3.82. The van der Waals surface area contributed by atoms with Crippen LogP contribution in [0.3, 0.4) is 0 Å². The average molecular weight is 352 g/mol. The van der Waals surface area contributed by atoms with Gasteiger partial charge in [-0.15, -0.1) is 13.2 Å². The fourth-order valence-corrected chi connectivity index (χ4v) is 1.70. The van der Waals surface area contributed by atoms with Crippen LogP contribution in [0.15, 0.2) is 6.20 Å². The lowest BCUT2D eigenvalue weighted by molar-refractivity contribution is -0.277. The first kappa shape index (κ1) is 15.7. The molecule has 1 aromatic rings. The molecule has 0 atom stereocenters. The van der Waals surface area contributed by atoms with Gasteiger partial charge in [0.15, 0.2) is 6.29 Å². The number of nitrogens with zero attached hydrogens (tertiary/aromatic N) is 1. The molecule has 0 aliphatic rings. The summed E-state index contributed by atoms with van der Waals surface area (Å²) in [4.78, 5) is 13.6. The fraction of sp³-hybridized carbons (Fsp3) is 0.333. The number of aldehydes is 1. The summed E-state index contributed by atoms with van der Waals surface area (Å²) in [6, 6.07) is 0. The van der Waals surface area contributed by atoms with Gasteiger partial charge < -0.3 is 4.74 Å². The summed E-state index contributed by atoms with van der Waals surface area (Å²) >= 11 is 2.81. The SMILES string of the molecule is O=Cc1c(CBr)cnc(OC(F)(F)F)c1C(F)(F)F. The molecule has 0 saturated carbocycles. The molecule has 0 aliphatic heterocycles. The molecule has 0 radical (unpaired) electrons. The van der Waals surface area contributed by atoms with E-state index in [1.54, 1.807) is 0 Å². The summed E-state index contributed by atoms with van der Waals surface area (Å²) in [7, 11) is 0. The van der Waals surface area contributed by atoms with E-state index in [-0.39, 0.29) is 17.2 Å². The summed E-state index contributed by atoms with van der Waals surface area (Å²) in [5.74, 6) is -1.70. The molecule has 19 heavy (non-hydrogen) atoms. The highest BCUT2D eigenvalue weighted by molar-refractivity contribution is 9.08. The highest BCUT2D eigenvalue weighted by Crippen LogP contribution is 2.40. The third-order valence-electron chi connectivity index (χ3n) is 1.92. The number of alkyl halides is 7. The Kier molecular flexibility index (Phi) is 4.43. The molecule has 10 heteroatoms. The molecule has 1 heterocycles. The fourth-order valence-electron chi connectivity index (χ4n) is 1.25. The predicted molar refractivity (Wildman–Crippen MR) is 53.9 cm³/mol. The van der Waals surface area contributed by atoms with Crippen molar-refractivity contribution in [3.63, 3.8) is 0 Å². The minimum atomic E-state index is -5.34. The molecule has 0 bridgehead atoms. The minimum absolute atomic E-state index is 0.177. The zero-order valence-corrected chi connectivity index (χ0v) is 10.4. The van der Waals surface area contributed by atoms with Crippen LogP contribution >= 0.6 is 15.9 Å². The molecule has 0 N–H and O–H groups in total. The zero-order chi connectivity index (χ0) is 14.8. The molecule has 0 amide bonds. The number of halogens is 7. The number of aromatic nitrogens is 1. The highest BCUT2D eigenvalue weighted by atomic mass is 79.9. The van der Waals surface area contributed by atoms with Crippen LogP contribution < -0.4 is 4.74 Å². The first-order valence-electron chi connectivity index (χ1n) is 4.46. The molecule has 1 aromatic heterocycles. The van der Waals surface area contributed by atoms with Gasteiger partial charge in [-0.2, -0.15) is 13.2 Å². The number of rotatable bonds is 3. The number of hydrogen-bond donors (Lipinski definition) is 0. The van der Waals surface area contributed by atoms with Gasteiger partial charge in [0.25, 0.3) is 0 Å². The molecule has 0 unspecified atom stereocenters. The van der Waals surface area contributed by atoms with Crippen molar-refractivity contribution in [3.8, 4) is 5.88 Å². The third-order valence-corrected chi connectivity index (χ3v) is 2.53. The topological polar surface area (TPSA) is 39.2 Å². The van der Waals surface area contributed by atoms with Crippen molar-refractivity contribution in [2.75, 3.05) is 0 Å². The van der Waals surface area contributed by atoms with E-state index in [1.165, 1.54) is 0 Å². The van der Waals surface area contributed by atoms with Crippen molar-refractivity contribution in [2.45, 2.75) is 17.9 Å². The molecular weight excluding hydrogens is 348 g/mol. The van der Waals surface area contributed by atoms with Crippen molar-refractivity contribution in [2.24, 2.45) is 0 Å². The van der Waals surface area contributed by atoms with Gasteiger partial charge >= 0.3 is 12.5 Å². The Hall–Kier alpha value is -1.32. The van der Waals surface area contributed by atoms with E-state index < -0.39 is 29.5 Å². The smallest absolute Gasteiger partial charge is 0.387 e. The van der Waals surface area contributed by atoms with Crippen LogP contribution in [-0.2, 0) is 11.5 Å². The van der Waals surface area contributed by atoms with Crippen LogP contribution in [0.2, 0.25) is 0 Å².